The van der Waals surface area contributed by atoms with Gasteiger partial charge in [-0.3, -0.25) is 9.78 Å². The molecule has 0 aliphatic heterocycles. The van der Waals surface area contributed by atoms with E-state index in [2.05, 4.69) is 9.97 Å². The quantitative estimate of drug-likeness (QED) is 0.365. The molecule has 2 aromatic heterocycles. The molecule has 0 radical (unpaired) electrons. The second kappa shape index (κ2) is 8.97. The minimum atomic E-state index is 0.422. The van der Waals surface area contributed by atoms with E-state index in [-0.39, 0.29) is 0 Å². The number of thiazole rings is 1. The molecule has 4 aromatic rings. The van der Waals surface area contributed by atoms with Gasteiger partial charge in [0, 0.05) is 40.7 Å². The Kier molecular flexibility index (Phi) is 5.95. The summed E-state index contributed by atoms with van der Waals surface area (Å²) in [6.45, 7) is 0. The molecule has 0 N–H and O–H groups in total. The second-order valence-electron chi connectivity index (χ2n) is 6.56. The lowest BCUT2D eigenvalue weighted by Gasteiger charge is -2.20. The zero-order chi connectivity index (χ0) is 21.8. The molecule has 4 rings (SSSR count). The van der Waals surface area contributed by atoms with Crippen LogP contribution >= 0.6 is 11.3 Å². The summed E-state index contributed by atoms with van der Waals surface area (Å²) in [6, 6.07) is 11.6. The summed E-state index contributed by atoms with van der Waals surface area (Å²) in [5.41, 5.74) is 4.71. The number of aldehydes is 1. The van der Waals surface area contributed by atoms with E-state index in [9.17, 15) is 4.79 Å². The Bertz CT molecular complexity index is 1210. The molecule has 0 amide bonds. The van der Waals surface area contributed by atoms with Gasteiger partial charge in [-0.2, -0.15) is 0 Å². The summed E-state index contributed by atoms with van der Waals surface area (Å²) in [5.74, 6) is 1.27. The summed E-state index contributed by atoms with van der Waals surface area (Å²) in [7, 11) is 4.61. The molecule has 0 bridgehead atoms. The maximum atomic E-state index is 12.1. The van der Waals surface area contributed by atoms with Crippen LogP contribution in [0.1, 0.15) is 10.4 Å². The summed E-state index contributed by atoms with van der Waals surface area (Å²) >= 11 is 1.55. The molecule has 156 valence electrons. The molecule has 2 aromatic carbocycles. The van der Waals surface area contributed by atoms with Crippen LogP contribution in [-0.4, -0.2) is 37.6 Å². The molecule has 7 heteroatoms. The molecule has 0 aliphatic rings. The first-order chi connectivity index (χ1) is 15.2. The highest BCUT2D eigenvalue weighted by Gasteiger charge is 2.24. The van der Waals surface area contributed by atoms with Gasteiger partial charge in [0.2, 0.25) is 5.75 Å². The van der Waals surface area contributed by atoms with Crippen molar-refractivity contribution in [1.29, 1.82) is 0 Å². The number of pyridine rings is 1. The van der Waals surface area contributed by atoms with Gasteiger partial charge in [0.05, 0.1) is 21.3 Å². The molecule has 6 nitrogen and oxygen atoms in total. The van der Waals surface area contributed by atoms with Crippen molar-refractivity contribution in [1.82, 2.24) is 9.97 Å². The van der Waals surface area contributed by atoms with Crippen molar-refractivity contribution >= 4 is 17.6 Å². The number of carbonyl (C=O) groups excluding carboxylic acids is 1. The van der Waals surface area contributed by atoms with Crippen LogP contribution in [0.3, 0.4) is 0 Å². The number of methoxy groups -OCH3 is 3. The van der Waals surface area contributed by atoms with Gasteiger partial charge in [-0.1, -0.05) is 12.1 Å². The standard InChI is InChI=1S/C24H20N2O4S/c1-28-20-13-17(14-27)21(23(30-3)22(20)29-2)19-12-16(24-26-10-11-31-24)4-5-18(19)15-6-8-25-9-7-15/h4-14H,1-3H3. The normalized spacial score (nSPS) is 10.5. The smallest absolute Gasteiger partial charge is 0.203 e. The summed E-state index contributed by atoms with van der Waals surface area (Å²) in [4.78, 5) is 20.7. The van der Waals surface area contributed by atoms with Gasteiger partial charge >= 0.3 is 0 Å². The number of rotatable bonds is 7. The minimum absolute atomic E-state index is 0.422. The first-order valence-electron chi connectivity index (χ1n) is 9.44. The molecule has 2 heterocycles. The van der Waals surface area contributed by atoms with Crippen molar-refractivity contribution < 1.29 is 19.0 Å². The molecule has 0 unspecified atom stereocenters. The van der Waals surface area contributed by atoms with Gasteiger partial charge in [0.1, 0.15) is 5.01 Å². The third-order valence-corrected chi connectivity index (χ3v) is 5.77. The number of aromatic nitrogens is 2. The molecule has 0 saturated heterocycles. The maximum absolute atomic E-state index is 12.1. The average Bonchev–Trinajstić information content (AvgIpc) is 3.37. The van der Waals surface area contributed by atoms with Crippen LogP contribution < -0.4 is 14.2 Å². The van der Waals surface area contributed by atoms with Gasteiger partial charge in [-0.05, 0) is 41.0 Å². The molecule has 0 spiro atoms. The van der Waals surface area contributed by atoms with Crippen molar-refractivity contribution in [2.75, 3.05) is 21.3 Å². The fraction of sp³-hybridized carbons (Fsp3) is 0.125. The van der Waals surface area contributed by atoms with E-state index < -0.39 is 0 Å². The van der Waals surface area contributed by atoms with Crippen LogP contribution in [0.4, 0.5) is 0 Å². The van der Waals surface area contributed by atoms with Crippen LogP contribution in [0.2, 0.25) is 0 Å². The van der Waals surface area contributed by atoms with Crippen LogP contribution in [0.15, 0.2) is 60.4 Å². The fourth-order valence-electron chi connectivity index (χ4n) is 3.58. The van der Waals surface area contributed by atoms with E-state index in [0.29, 0.717) is 28.4 Å². The van der Waals surface area contributed by atoms with Crippen molar-refractivity contribution in [3.05, 3.63) is 65.9 Å². The van der Waals surface area contributed by atoms with E-state index in [1.54, 1.807) is 50.2 Å². The third kappa shape index (κ3) is 3.75. The zero-order valence-corrected chi connectivity index (χ0v) is 18.1. The number of hydrogen-bond acceptors (Lipinski definition) is 7. The van der Waals surface area contributed by atoms with E-state index in [1.807, 2.05) is 35.7 Å². The first-order valence-corrected chi connectivity index (χ1v) is 10.3. The molecule has 0 atom stereocenters. The van der Waals surface area contributed by atoms with Crippen molar-refractivity contribution in [3.63, 3.8) is 0 Å². The van der Waals surface area contributed by atoms with Gasteiger partial charge in [0.25, 0.3) is 0 Å². The maximum Gasteiger partial charge on any atom is 0.203 e. The fourth-order valence-corrected chi connectivity index (χ4v) is 4.21. The summed E-state index contributed by atoms with van der Waals surface area (Å²) in [5, 5.41) is 2.81. The van der Waals surface area contributed by atoms with E-state index in [1.165, 1.54) is 7.11 Å². The van der Waals surface area contributed by atoms with Crippen LogP contribution in [-0.2, 0) is 0 Å². The number of benzene rings is 2. The highest BCUT2D eigenvalue weighted by Crippen LogP contribution is 2.49. The Morgan fingerprint density at radius 2 is 1.61 bits per heavy atom. The largest absolute Gasteiger partial charge is 0.493 e. The average molecular weight is 433 g/mol. The minimum Gasteiger partial charge on any atom is -0.493 e. The van der Waals surface area contributed by atoms with Crippen LogP contribution in [0.5, 0.6) is 17.2 Å². The van der Waals surface area contributed by atoms with Gasteiger partial charge in [-0.15, -0.1) is 11.3 Å². The zero-order valence-electron chi connectivity index (χ0n) is 17.3. The molecule has 0 aliphatic carbocycles. The van der Waals surface area contributed by atoms with Crippen molar-refractivity contribution in [2.45, 2.75) is 0 Å². The Morgan fingerprint density at radius 1 is 0.839 bits per heavy atom. The Labute approximate surface area is 184 Å². The lowest BCUT2D eigenvalue weighted by atomic mass is 9.89. The van der Waals surface area contributed by atoms with Crippen molar-refractivity contribution in [3.8, 4) is 50.1 Å². The van der Waals surface area contributed by atoms with Crippen LogP contribution in [0.25, 0.3) is 32.8 Å². The molecule has 0 saturated carbocycles. The Morgan fingerprint density at radius 3 is 2.23 bits per heavy atom. The lowest BCUT2D eigenvalue weighted by Crippen LogP contribution is -2.01. The molecule has 31 heavy (non-hydrogen) atoms. The Balaban J connectivity index is 2.09. The summed E-state index contributed by atoms with van der Waals surface area (Å²) in [6.07, 6.45) is 6.04. The highest BCUT2D eigenvalue weighted by atomic mass is 32.1. The van der Waals surface area contributed by atoms with Crippen LogP contribution in [0, 0.1) is 0 Å². The molecular weight excluding hydrogens is 412 g/mol. The predicted molar refractivity (Wildman–Crippen MR) is 121 cm³/mol. The van der Waals surface area contributed by atoms with E-state index in [4.69, 9.17) is 14.2 Å². The molecule has 0 fully saturated rings. The monoisotopic (exact) mass is 432 g/mol. The first kappa shape index (κ1) is 20.6. The summed E-state index contributed by atoms with van der Waals surface area (Å²) < 4.78 is 16.7. The number of nitrogens with zero attached hydrogens (tertiary/aromatic N) is 2. The van der Waals surface area contributed by atoms with Gasteiger partial charge in [-0.25, -0.2) is 4.98 Å². The number of hydrogen-bond donors (Lipinski definition) is 0. The third-order valence-electron chi connectivity index (χ3n) is 4.95. The number of carbonyl (C=O) groups is 1. The Hall–Kier alpha value is -3.71. The SMILES string of the molecule is COc1cc(C=O)c(-c2cc(-c3nccs3)ccc2-c2ccncc2)c(OC)c1OC. The van der Waals surface area contributed by atoms with E-state index in [0.717, 1.165) is 33.5 Å². The predicted octanol–water partition coefficient (Wildman–Crippen LogP) is 5.38. The van der Waals surface area contributed by atoms with Gasteiger partial charge in [0.15, 0.2) is 17.8 Å². The van der Waals surface area contributed by atoms with Gasteiger partial charge < -0.3 is 14.2 Å². The van der Waals surface area contributed by atoms with Crippen molar-refractivity contribution in [2.24, 2.45) is 0 Å². The van der Waals surface area contributed by atoms with E-state index >= 15 is 0 Å². The highest BCUT2D eigenvalue weighted by molar-refractivity contribution is 7.13. The topological polar surface area (TPSA) is 70.5 Å². The lowest BCUT2D eigenvalue weighted by molar-refractivity contribution is 0.112. The second-order valence-corrected chi connectivity index (χ2v) is 7.46. The number of ether oxygens (including phenoxy) is 3. The molecular formula is C24H20N2O4S.